The number of para-hydroxylation sites is 2. The molecule has 1 heterocycles. The first-order chi connectivity index (χ1) is 10.7. The van der Waals surface area contributed by atoms with Crippen LogP contribution in [0, 0.1) is 0 Å². The fourth-order valence-corrected chi connectivity index (χ4v) is 1.84. The topological polar surface area (TPSA) is 81.4 Å². The molecule has 0 aliphatic heterocycles. The average molecular weight is 316 g/mol. The van der Waals surface area contributed by atoms with Gasteiger partial charge in [0.25, 0.3) is 5.91 Å². The van der Waals surface area contributed by atoms with Crippen molar-refractivity contribution in [2.24, 2.45) is 0 Å². The van der Waals surface area contributed by atoms with Crippen LogP contribution in [0.3, 0.4) is 0 Å². The third-order valence-corrected chi connectivity index (χ3v) is 2.83. The Bertz CT molecular complexity index is 707. The molecule has 6 nitrogen and oxygen atoms in total. The largest absolute Gasteiger partial charge is 0.449 e. The molecule has 1 aromatic carbocycles. The zero-order chi connectivity index (χ0) is 17.0. The number of aromatic nitrogens is 1. The number of esters is 1. The molecule has 0 aliphatic rings. The molecule has 1 aromatic heterocycles. The number of nitrogens with zero attached hydrogens (tertiary/aromatic N) is 1. The Labute approximate surface area is 134 Å². The van der Waals surface area contributed by atoms with E-state index in [0.29, 0.717) is 17.0 Å². The number of rotatable bonds is 4. The van der Waals surface area contributed by atoms with Crippen molar-refractivity contribution in [3.05, 3.63) is 36.2 Å². The summed E-state index contributed by atoms with van der Waals surface area (Å²) in [5.41, 5.74) is 0.961. The van der Waals surface area contributed by atoms with Gasteiger partial charge in [0.15, 0.2) is 11.7 Å². The molecule has 1 N–H and O–H groups in total. The van der Waals surface area contributed by atoms with Gasteiger partial charge >= 0.3 is 5.97 Å². The Balaban J connectivity index is 1.94. The lowest BCUT2D eigenvalue weighted by Crippen LogP contribution is -2.46. The average Bonchev–Trinajstić information content (AvgIpc) is 2.86. The van der Waals surface area contributed by atoms with Crippen molar-refractivity contribution in [1.82, 2.24) is 10.3 Å². The first-order valence-electron chi connectivity index (χ1n) is 7.31. The number of hydrogen-bond donors (Lipinski definition) is 1. The number of fused-ring (bicyclic) bond motifs is 1. The highest BCUT2D eigenvalue weighted by atomic mass is 16.5. The van der Waals surface area contributed by atoms with Crippen LogP contribution in [0.1, 0.15) is 33.6 Å². The van der Waals surface area contributed by atoms with Crippen LogP contribution in [0.25, 0.3) is 17.2 Å². The minimum atomic E-state index is -0.880. The van der Waals surface area contributed by atoms with Gasteiger partial charge in [-0.2, -0.15) is 0 Å². The van der Waals surface area contributed by atoms with Gasteiger partial charge in [-0.05, 0) is 39.8 Å². The molecule has 122 valence electrons. The van der Waals surface area contributed by atoms with Crippen LogP contribution in [0.2, 0.25) is 0 Å². The third kappa shape index (κ3) is 4.95. The van der Waals surface area contributed by atoms with Crippen LogP contribution in [-0.4, -0.2) is 28.5 Å². The number of hydrogen-bond acceptors (Lipinski definition) is 5. The zero-order valence-electron chi connectivity index (χ0n) is 13.6. The Morgan fingerprint density at radius 1 is 1.30 bits per heavy atom. The molecule has 0 saturated heterocycles. The Morgan fingerprint density at radius 2 is 2.00 bits per heavy atom. The summed E-state index contributed by atoms with van der Waals surface area (Å²) in [5.74, 6) is -0.681. The van der Waals surface area contributed by atoms with Gasteiger partial charge in [0.05, 0.1) is 0 Å². The maximum absolute atomic E-state index is 11.8. The summed E-state index contributed by atoms with van der Waals surface area (Å²) in [7, 11) is 0. The van der Waals surface area contributed by atoms with Gasteiger partial charge in [0.1, 0.15) is 5.52 Å². The number of carbonyl (C=O) groups is 2. The summed E-state index contributed by atoms with van der Waals surface area (Å²) in [5, 5.41) is 2.74. The first kappa shape index (κ1) is 16.7. The second-order valence-corrected chi connectivity index (χ2v) is 6.17. The number of carbonyl (C=O) groups excluding carboxylic acids is 2. The molecule has 0 spiro atoms. The van der Waals surface area contributed by atoms with Gasteiger partial charge < -0.3 is 14.5 Å². The van der Waals surface area contributed by atoms with E-state index in [1.165, 1.54) is 19.1 Å². The molecule has 0 aliphatic carbocycles. The van der Waals surface area contributed by atoms with Gasteiger partial charge in [-0.25, -0.2) is 9.78 Å². The fraction of sp³-hybridized carbons (Fsp3) is 0.353. The molecule has 1 amide bonds. The van der Waals surface area contributed by atoms with E-state index in [1.54, 1.807) is 6.07 Å². The van der Waals surface area contributed by atoms with E-state index in [2.05, 4.69) is 10.3 Å². The highest BCUT2D eigenvalue weighted by Crippen LogP contribution is 2.15. The van der Waals surface area contributed by atoms with Crippen LogP contribution in [0.5, 0.6) is 0 Å². The quantitative estimate of drug-likeness (QED) is 0.693. The van der Waals surface area contributed by atoms with E-state index < -0.39 is 12.1 Å². The second-order valence-electron chi connectivity index (χ2n) is 6.17. The van der Waals surface area contributed by atoms with E-state index >= 15 is 0 Å². The molecule has 0 radical (unpaired) electrons. The monoisotopic (exact) mass is 316 g/mol. The van der Waals surface area contributed by atoms with Crippen molar-refractivity contribution in [2.75, 3.05) is 0 Å². The lowest BCUT2D eigenvalue weighted by Gasteiger charge is -2.22. The van der Waals surface area contributed by atoms with Crippen molar-refractivity contribution < 1.29 is 18.7 Å². The molecule has 0 saturated carbocycles. The molecule has 6 heteroatoms. The smallest absolute Gasteiger partial charge is 0.331 e. The molecule has 0 bridgehead atoms. The SMILES string of the molecule is C[C@H](OC(=O)/C=C/c1nc2ccccc2o1)C(=O)NC(C)(C)C. The summed E-state index contributed by atoms with van der Waals surface area (Å²) in [6.45, 7) is 7.08. The summed E-state index contributed by atoms with van der Waals surface area (Å²) < 4.78 is 10.5. The van der Waals surface area contributed by atoms with Crippen molar-refractivity contribution in [3.63, 3.8) is 0 Å². The number of oxazole rings is 1. The lowest BCUT2D eigenvalue weighted by molar-refractivity contribution is -0.150. The zero-order valence-corrected chi connectivity index (χ0v) is 13.6. The van der Waals surface area contributed by atoms with Crippen LogP contribution >= 0.6 is 0 Å². The summed E-state index contributed by atoms with van der Waals surface area (Å²) in [6, 6.07) is 7.29. The van der Waals surface area contributed by atoms with Gasteiger partial charge in [-0.3, -0.25) is 4.79 Å². The van der Waals surface area contributed by atoms with E-state index in [1.807, 2.05) is 39.0 Å². The molecule has 1 atom stereocenters. The Morgan fingerprint density at radius 3 is 2.65 bits per heavy atom. The highest BCUT2D eigenvalue weighted by molar-refractivity contribution is 5.90. The number of nitrogens with one attached hydrogen (secondary N) is 1. The van der Waals surface area contributed by atoms with E-state index in [4.69, 9.17) is 9.15 Å². The van der Waals surface area contributed by atoms with Gasteiger partial charge in [-0.15, -0.1) is 0 Å². The minimum Gasteiger partial charge on any atom is -0.449 e. The molecular formula is C17H20N2O4. The number of benzene rings is 1. The van der Waals surface area contributed by atoms with Crippen molar-refractivity contribution >= 4 is 29.1 Å². The van der Waals surface area contributed by atoms with Crippen molar-refractivity contribution in [1.29, 1.82) is 0 Å². The number of amides is 1. The maximum Gasteiger partial charge on any atom is 0.331 e. The summed E-state index contributed by atoms with van der Waals surface area (Å²) in [4.78, 5) is 27.8. The third-order valence-electron chi connectivity index (χ3n) is 2.83. The van der Waals surface area contributed by atoms with Crippen LogP contribution in [0.15, 0.2) is 34.8 Å². The second kappa shape index (κ2) is 6.64. The van der Waals surface area contributed by atoms with Crippen LogP contribution < -0.4 is 5.32 Å². The maximum atomic E-state index is 11.8. The highest BCUT2D eigenvalue weighted by Gasteiger charge is 2.21. The molecule has 2 aromatic rings. The van der Waals surface area contributed by atoms with Crippen LogP contribution in [-0.2, 0) is 14.3 Å². The summed E-state index contributed by atoms with van der Waals surface area (Å²) in [6.07, 6.45) is 1.72. The molecule has 0 unspecified atom stereocenters. The Kier molecular flexibility index (Phi) is 4.83. The first-order valence-corrected chi connectivity index (χ1v) is 7.31. The van der Waals surface area contributed by atoms with E-state index in [0.717, 1.165) is 0 Å². The van der Waals surface area contributed by atoms with E-state index in [9.17, 15) is 9.59 Å². The predicted octanol–water partition coefficient (Wildman–Crippen LogP) is 2.69. The Hall–Kier alpha value is -2.63. The summed E-state index contributed by atoms with van der Waals surface area (Å²) >= 11 is 0. The van der Waals surface area contributed by atoms with Crippen LogP contribution in [0.4, 0.5) is 0 Å². The van der Waals surface area contributed by atoms with Gasteiger partial charge in [0, 0.05) is 17.7 Å². The van der Waals surface area contributed by atoms with Crippen molar-refractivity contribution in [3.8, 4) is 0 Å². The molecular weight excluding hydrogens is 296 g/mol. The molecule has 2 rings (SSSR count). The minimum absolute atomic E-state index is 0.301. The fourth-order valence-electron chi connectivity index (χ4n) is 1.84. The van der Waals surface area contributed by atoms with E-state index in [-0.39, 0.29) is 11.4 Å². The van der Waals surface area contributed by atoms with Gasteiger partial charge in [-0.1, -0.05) is 12.1 Å². The molecule has 0 fully saturated rings. The standard InChI is InChI=1S/C17H20N2O4/c1-11(16(21)19-17(2,3)4)22-15(20)10-9-14-18-12-7-5-6-8-13(12)23-14/h5-11H,1-4H3,(H,19,21)/b10-9+/t11-/m0/s1. The predicted molar refractivity (Wildman–Crippen MR) is 86.5 cm³/mol. The van der Waals surface area contributed by atoms with Gasteiger partial charge in [0.2, 0.25) is 5.89 Å². The number of ether oxygens (including phenoxy) is 1. The normalized spacial score (nSPS) is 13.2. The van der Waals surface area contributed by atoms with Crippen molar-refractivity contribution in [2.45, 2.75) is 39.3 Å². The molecule has 23 heavy (non-hydrogen) atoms. The lowest BCUT2D eigenvalue weighted by atomic mass is 10.1.